The molecule has 0 unspecified atom stereocenters. The number of allylic oxidation sites excluding steroid dienone is 1. The van der Waals surface area contributed by atoms with Crippen LogP contribution in [0.5, 0.6) is 5.75 Å². The molecule has 4 rings (SSSR count). The highest BCUT2D eigenvalue weighted by Gasteiger charge is 2.17. The molecule has 0 bridgehead atoms. The van der Waals surface area contributed by atoms with E-state index in [-0.39, 0.29) is 17.3 Å². The maximum absolute atomic E-state index is 12.4. The number of hydrogen-bond acceptors (Lipinski definition) is 8. The second kappa shape index (κ2) is 12.5. The lowest BCUT2D eigenvalue weighted by atomic mass is 10.1. The van der Waals surface area contributed by atoms with Crippen LogP contribution >= 0.6 is 11.8 Å². The predicted octanol–water partition coefficient (Wildman–Crippen LogP) is 5.07. The van der Waals surface area contributed by atoms with Gasteiger partial charge in [0.15, 0.2) is 11.0 Å². The van der Waals surface area contributed by atoms with Crippen LogP contribution in [0.15, 0.2) is 89.1 Å². The minimum atomic E-state index is -0.454. The zero-order valence-electron chi connectivity index (χ0n) is 20.6. The number of para-hydroxylation sites is 1. The number of amides is 1. The number of methoxy groups -OCH3 is 1. The normalized spacial score (nSPS) is 11.2. The topological polar surface area (TPSA) is 125 Å². The third kappa shape index (κ3) is 6.51. The van der Waals surface area contributed by atoms with Crippen LogP contribution in [0.25, 0.3) is 23.2 Å². The van der Waals surface area contributed by atoms with Crippen molar-refractivity contribution in [3.8, 4) is 22.8 Å². The number of nitrogens with one attached hydrogen (secondary N) is 1. The van der Waals surface area contributed by atoms with Crippen LogP contribution in [0, 0.1) is 17.0 Å². The number of nitro groups is 1. The largest absolute Gasteiger partial charge is 0.497 e. The van der Waals surface area contributed by atoms with Crippen molar-refractivity contribution in [2.75, 3.05) is 12.9 Å². The first-order valence-corrected chi connectivity index (χ1v) is 12.5. The fourth-order valence-electron chi connectivity index (χ4n) is 3.47. The van der Waals surface area contributed by atoms with Crippen LogP contribution in [0.1, 0.15) is 11.1 Å². The summed E-state index contributed by atoms with van der Waals surface area (Å²) in [6, 6.07) is 21.8. The van der Waals surface area contributed by atoms with Gasteiger partial charge in [0.1, 0.15) is 5.75 Å². The van der Waals surface area contributed by atoms with Gasteiger partial charge in [0.2, 0.25) is 0 Å². The molecule has 0 spiro atoms. The van der Waals surface area contributed by atoms with E-state index in [1.165, 1.54) is 30.1 Å². The molecule has 1 aromatic heterocycles. The van der Waals surface area contributed by atoms with Crippen molar-refractivity contribution in [1.29, 1.82) is 0 Å². The smallest absolute Gasteiger partial charge is 0.276 e. The third-order valence-electron chi connectivity index (χ3n) is 5.37. The average Bonchev–Trinajstić information content (AvgIpc) is 3.36. The number of aryl methyl sites for hydroxylation is 1. The zero-order valence-corrected chi connectivity index (χ0v) is 21.5. The number of carbonyl (C=O) groups excluding carboxylic acids is 1. The van der Waals surface area contributed by atoms with Gasteiger partial charge in [0.25, 0.3) is 11.6 Å². The summed E-state index contributed by atoms with van der Waals surface area (Å²) in [5, 5.41) is 24.2. The maximum atomic E-state index is 12.4. The number of thioether (sulfide) groups is 1. The number of aromatic nitrogens is 3. The van der Waals surface area contributed by atoms with Gasteiger partial charge in [-0.2, -0.15) is 5.10 Å². The minimum Gasteiger partial charge on any atom is -0.497 e. The molecule has 3 aromatic carbocycles. The Balaban J connectivity index is 1.45. The minimum absolute atomic E-state index is 0.0106. The van der Waals surface area contributed by atoms with E-state index in [1.54, 1.807) is 31.4 Å². The summed E-state index contributed by atoms with van der Waals surface area (Å²) >= 11 is 1.22. The number of hydrogen-bond donors (Lipinski definition) is 1. The second-order valence-corrected chi connectivity index (χ2v) is 8.93. The highest BCUT2D eigenvalue weighted by molar-refractivity contribution is 7.99. The van der Waals surface area contributed by atoms with Crippen molar-refractivity contribution in [3.63, 3.8) is 0 Å². The van der Waals surface area contributed by atoms with Gasteiger partial charge in [-0.15, -0.1) is 10.2 Å². The lowest BCUT2D eigenvalue weighted by molar-refractivity contribution is -0.385. The molecule has 11 heteroatoms. The first kappa shape index (κ1) is 26.3. The van der Waals surface area contributed by atoms with Crippen LogP contribution < -0.4 is 10.2 Å². The van der Waals surface area contributed by atoms with E-state index in [4.69, 9.17) is 4.74 Å². The molecular weight excluding hydrogens is 504 g/mol. The van der Waals surface area contributed by atoms with Crippen LogP contribution in [0.3, 0.4) is 0 Å². The number of nitro benzene ring substituents is 1. The Morgan fingerprint density at radius 1 is 1.11 bits per heavy atom. The molecule has 0 atom stereocenters. The van der Waals surface area contributed by atoms with E-state index in [9.17, 15) is 14.9 Å². The molecule has 4 aromatic rings. The Morgan fingerprint density at radius 2 is 1.84 bits per heavy atom. The van der Waals surface area contributed by atoms with E-state index in [2.05, 4.69) is 20.7 Å². The standard InChI is InChI=1S/C27H24N6O4S/c1-19-9-11-21(12-10-19)26-30-31-27(32(26)22-13-15-23(37-2)16-14-22)38-18-25(34)29-28-17-5-7-20-6-3-4-8-24(20)33(35)36/h3-17H,18H2,1-2H3,(H,29,34)/b7-5-,28-17-. The quantitative estimate of drug-likeness (QED) is 0.132. The first-order valence-electron chi connectivity index (χ1n) is 11.5. The van der Waals surface area contributed by atoms with Gasteiger partial charge in [0, 0.05) is 23.5 Å². The predicted molar refractivity (Wildman–Crippen MR) is 148 cm³/mol. The highest BCUT2D eigenvalue weighted by Crippen LogP contribution is 2.29. The number of benzene rings is 3. The van der Waals surface area contributed by atoms with Crippen molar-refractivity contribution < 1.29 is 14.5 Å². The van der Waals surface area contributed by atoms with E-state index in [0.29, 0.717) is 16.5 Å². The van der Waals surface area contributed by atoms with Crippen LogP contribution in [0.2, 0.25) is 0 Å². The number of hydrazone groups is 1. The SMILES string of the molecule is COc1ccc(-n2c(SCC(=O)N/N=C\C=C/c3ccccc3[N+](=O)[O-])nnc2-c2ccc(C)cc2)cc1. The third-order valence-corrected chi connectivity index (χ3v) is 6.29. The summed E-state index contributed by atoms with van der Waals surface area (Å²) in [4.78, 5) is 23.0. The van der Waals surface area contributed by atoms with Crippen molar-refractivity contribution >= 4 is 35.6 Å². The molecule has 38 heavy (non-hydrogen) atoms. The van der Waals surface area contributed by atoms with Gasteiger partial charge in [-0.3, -0.25) is 19.5 Å². The Hall–Kier alpha value is -4.77. The molecule has 0 aliphatic rings. The highest BCUT2D eigenvalue weighted by atomic mass is 32.2. The summed E-state index contributed by atoms with van der Waals surface area (Å²) in [6.45, 7) is 2.02. The van der Waals surface area contributed by atoms with Gasteiger partial charge in [-0.1, -0.05) is 53.7 Å². The molecule has 0 saturated carbocycles. The zero-order chi connectivity index (χ0) is 26.9. The molecule has 1 amide bonds. The van der Waals surface area contributed by atoms with Crippen LogP contribution in [-0.4, -0.2) is 44.7 Å². The Kier molecular flexibility index (Phi) is 8.62. The van der Waals surface area contributed by atoms with E-state index >= 15 is 0 Å². The van der Waals surface area contributed by atoms with Gasteiger partial charge < -0.3 is 4.74 Å². The Labute approximate surface area is 223 Å². The first-order chi connectivity index (χ1) is 18.5. The van der Waals surface area contributed by atoms with Crippen LogP contribution in [0.4, 0.5) is 5.69 Å². The lowest BCUT2D eigenvalue weighted by Crippen LogP contribution is -2.19. The molecule has 0 aliphatic carbocycles. The summed E-state index contributed by atoms with van der Waals surface area (Å²) in [6.07, 6.45) is 4.42. The van der Waals surface area contributed by atoms with Gasteiger partial charge in [-0.25, -0.2) is 5.43 Å². The molecule has 192 valence electrons. The number of nitrogens with zero attached hydrogens (tertiary/aromatic N) is 5. The molecule has 0 fully saturated rings. The lowest BCUT2D eigenvalue weighted by Gasteiger charge is -2.11. The summed E-state index contributed by atoms with van der Waals surface area (Å²) in [5.74, 6) is 1.08. The fraction of sp³-hybridized carbons (Fsp3) is 0.111. The maximum Gasteiger partial charge on any atom is 0.276 e. The summed E-state index contributed by atoms with van der Waals surface area (Å²) < 4.78 is 7.16. The Bertz CT molecular complexity index is 1480. The molecule has 1 heterocycles. The second-order valence-electron chi connectivity index (χ2n) is 7.98. The Morgan fingerprint density at radius 3 is 2.55 bits per heavy atom. The summed E-state index contributed by atoms with van der Waals surface area (Å²) in [7, 11) is 1.61. The average molecular weight is 529 g/mol. The monoisotopic (exact) mass is 528 g/mol. The van der Waals surface area contributed by atoms with Crippen molar-refractivity contribution in [1.82, 2.24) is 20.2 Å². The van der Waals surface area contributed by atoms with Crippen LogP contribution in [-0.2, 0) is 4.79 Å². The van der Waals surface area contributed by atoms with Gasteiger partial charge in [0.05, 0.1) is 23.3 Å². The number of rotatable bonds is 10. The number of ether oxygens (including phenoxy) is 1. The van der Waals surface area contributed by atoms with E-state index < -0.39 is 4.92 Å². The van der Waals surface area contributed by atoms with Crippen molar-refractivity contribution in [2.45, 2.75) is 12.1 Å². The summed E-state index contributed by atoms with van der Waals surface area (Å²) in [5.41, 5.74) is 5.73. The fourth-order valence-corrected chi connectivity index (χ4v) is 4.22. The molecule has 1 N–H and O–H groups in total. The molecule has 0 aliphatic heterocycles. The van der Waals surface area contributed by atoms with Crippen molar-refractivity contribution in [3.05, 3.63) is 100 Å². The van der Waals surface area contributed by atoms with Crippen molar-refractivity contribution in [2.24, 2.45) is 5.10 Å². The van der Waals surface area contributed by atoms with E-state index in [0.717, 1.165) is 22.6 Å². The molecule has 0 radical (unpaired) electrons. The molecule has 10 nitrogen and oxygen atoms in total. The molecule has 0 saturated heterocycles. The number of carbonyl (C=O) groups is 1. The van der Waals surface area contributed by atoms with Gasteiger partial charge in [-0.05, 0) is 49.4 Å². The van der Waals surface area contributed by atoms with E-state index in [1.807, 2.05) is 60.0 Å². The van der Waals surface area contributed by atoms with Gasteiger partial charge >= 0.3 is 0 Å². The molecular formula is C27H24N6O4S.